The van der Waals surface area contributed by atoms with E-state index in [9.17, 15) is 9.18 Å². The van der Waals surface area contributed by atoms with Crippen LogP contribution >= 0.6 is 0 Å². The van der Waals surface area contributed by atoms with Crippen LogP contribution in [0, 0.1) is 5.82 Å². The molecule has 1 aliphatic heterocycles. The summed E-state index contributed by atoms with van der Waals surface area (Å²) in [5.41, 5.74) is 1.01. The van der Waals surface area contributed by atoms with Crippen molar-refractivity contribution in [2.45, 2.75) is 19.4 Å². The van der Waals surface area contributed by atoms with Crippen LogP contribution in [0.3, 0.4) is 0 Å². The first-order valence-corrected chi connectivity index (χ1v) is 6.05. The summed E-state index contributed by atoms with van der Waals surface area (Å²) in [6, 6.07) is 4.81. The molecule has 0 unspecified atom stereocenters. The molecule has 0 amide bonds. The fraction of sp³-hybridized carbons (Fsp3) is 0.429. The molecule has 18 heavy (non-hydrogen) atoms. The third-order valence-corrected chi connectivity index (χ3v) is 3.22. The molecule has 0 aliphatic carbocycles. The van der Waals surface area contributed by atoms with Crippen LogP contribution in [0.25, 0.3) is 5.76 Å². The van der Waals surface area contributed by atoms with Crippen molar-refractivity contribution < 1.29 is 13.9 Å². The zero-order valence-electron chi connectivity index (χ0n) is 10.4. The summed E-state index contributed by atoms with van der Waals surface area (Å²) in [4.78, 5) is 13.1. The summed E-state index contributed by atoms with van der Waals surface area (Å²) in [6.07, 6.45) is 2.34. The van der Waals surface area contributed by atoms with Crippen LogP contribution < -0.4 is 0 Å². The minimum Gasteiger partial charge on any atom is -0.486 e. The lowest BCUT2D eigenvalue weighted by Crippen LogP contribution is -2.19. The van der Waals surface area contributed by atoms with E-state index in [1.54, 1.807) is 12.0 Å². The molecule has 0 spiro atoms. The van der Waals surface area contributed by atoms with E-state index in [4.69, 9.17) is 4.74 Å². The minimum atomic E-state index is -0.438. The van der Waals surface area contributed by atoms with Crippen LogP contribution in [0.5, 0.6) is 0 Å². The summed E-state index contributed by atoms with van der Waals surface area (Å²) < 4.78 is 18.8. The SMILES string of the molecule is COC(=C=O)c1c(F)cccc1CN1CCCC1. The molecule has 96 valence electrons. The zero-order valence-corrected chi connectivity index (χ0v) is 10.4. The number of likely N-dealkylation sites (tertiary alicyclic amines) is 1. The van der Waals surface area contributed by atoms with Crippen molar-refractivity contribution in [1.29, 1.82) is 0 Å². The largest absolute Gasteiger partial charge is 0.486 e. The Kier molecular flexibility index (Phi) is 4.13. The van der Waals surface area contributed by atoms with Crippen molar-refractivity contribution >= 4 is 11.7 Å². The first-order chi connectivity index (χ1) is 8.76. The van der Waals surface area contributed by atoms with Gasteiger partial charge in [-0.25, -0.2) is 9.18 Å². The molecular formula is C14H16FNO2. The van der Waals surface area contributed by atoms with E-state index < -0.39 is 5.82 Å². The fourth-order valence-corrected chi connectivity index (χ4v) is 2.33. The molecule has 1 heterocycles. The number of hydrogen-bond donors (Lipinski definition) is 0. The summed E-state index contributed by atoms with van der Waals surface area (Å²) in [5, 5.41) is 0. The Labute approximate surface area is 106 Å². The van der Waals surface area contributed by atoms with Gasteiger partial charge in [0.05, 0.1) is 12.7 Å². The maximum Gasteiger partial charge on any atom is 0.214 e. The Balaban J connectivity index is 2.33. The molecule has 0 atom stereocenters. The van der Waals surface area contributed by atoms with Gasteiger partial charge in [0.1, 0.15) is 5.82 Å². The van der Waals surface area contributed by atoms with E-state index in [2.05, 4.69) is 4.90 Å². The Morgan fingerprint density at radius 3 is 2.78 bits per heavy atom. The molecule has 1 aromatic rings. The molecule has 1 aliphatic rings. The quantitative estimate of drug-likeness (QED) is 0.605. The number of hydrogen-bond acceptors (Lipinski definition) is 3. The number of halogens is 1. The molecule has 3 nitrogen and oxygen atoms in total. The van der Waals surface area contributed by atoms with Crippen molar-refractivity contribution in [3.05, 3.63) is 35.1 Å². The van der Waals surface area contributed by atoms with Crippen molar-refractivity contribution in [2.75, 3.05) is 20.2 Å². The number of rotatable bonds is 4. The van der Waals surface area contributed by atoms with Crippen LogP contribution in [0.15, 0.2) is 18.2 Å². The molecule has 2 rings (SSSR count). The normalized spacial score (nSPS) is 15.4. The molecule has 0 bridgehead atoms. The van der Waals surface area contributed by atoms with Crippen LogP contribution in [-0.2, 0) is 16.1 Å². The molecule has 4 heteroatoms. The molecule has 0 saturated carbocycles. The Morgan fingerprint density at radius 1 is 1.44 bits per heavy atom. The fourth-order valence-electron chi connectivity index (χ4n) is 2.33. The Morgan fingerprint density at radius 2 is 2.17 bits per heavy atom. The maximum absolute atomic E-state index is 13.8. The van der Waals surface area contributed by atoms with Crippen LogP contribution in [0.2, 0.25) is 0 Å². The maximum atomic E-state index is 13.8. The monoisotopic (exact) mass is 249 g/mol. The molecule has 1 saturated heterocycles. The van der Waals surface area contributed by atoms with E-state index in [1.165, 1.54) is 26.0 Å². The predicted octanol–water partition coefficient (Wildman–Crippen LogP) is 2.24. The van der Waals surface area contributed by atoms with Crippen LogP contribution in [0.1, 0.15) is 24.0 Å². The third kappa shape index (κ3) is 2.61. The topological polar surface area (TPSA) is 29.5 Å². The van der Waals surface area contributed by atoms with Crippen molar-refractivity contribution in [1.82, 2.24) is 4.90 Å². The zero-order chi connectivity index (χ0) is 13.0. The molecule has 1 aromatic carbocycles. The van der Waals surface area contributed by atoms with Gasteiger partial charge in [0.25, 0.3) is 0 Å². The number of methoxy groups -OCH3 is 1. The van der Waals surface area contributed by atoms with Gasteiger partial charge in [-0.1, -0.05) is 12.1 Å². The van der Waals surface area contributed by atoms with Gasteiger partial charge in [-0.05, 0) is 37.6 Å². The lowest BCUT2D eigenvalue weighted by atomic mass is 10.0. The van der Waals surface area contributed by atoms with E-state index in [0.717, 1.165) is 18.7 Å². The summed E-state index contributed by atoms with van der Waals surface area (Å²) in [6.45, 7) is 2.67. The molecule has 0 radical (unpaired) electrons. The van der Waals surface area contributed by atoms with Gasteiger partial charge in [-0.3, -0.25) is 4.90 Å². The lowest BCUT2D eigenvalue weighted by Gasteiger charge is -2.17. The second kappa shape index (κ2) is 5.80. The second-order valence-electron chi connectivity index (χ2n) is 4.39. The van der Waals surface area contributed by atoms with Gasteiger partial charge in [-0.15, -0.1) is 0 Å². The van der Waals surface area contributed by atoms with Gasteiger partial charge in [0, 0.05) is 6.54 Å². The van der Waals surface area contributed by atoms with Crippen LogP contribution in [-0.4, -0.2) is 31.0 Å². The summed E-state index contributed by atoms with van der Waals surface area (Å²) in [5.74, 6) is 1.15. The van der Waals surface area contributed by atoms with Gasteiger partial charge in [-0.2, -0.15) is 0 Å². The predicted molar refractivity (Wildman–Crippen MR) is 67.0 cm³/mol. The number of carbonyl (C=O) groups excluding carboxylic acids is 1. The average molecular weight is 249 g/mol. The summed E-state index contributed by atoms with van der Waals surface area (Å²) in [7, 11) is 1.35. The van der Waals surface area contributed by atoms with Crippen molar-refractivity contribution in [2.24, 2.45) is 0 Å². The first-order valence-electron chi connectivity index (χ1n) is 6.05. The minimum absolute atomic E-state index is 0.0673. The Bertz CT molecular complexity index is 475. The third-order valence-electron chi connectivity index (χ3n) is 3.22. The molecule has 1 fully saturated rings. The number of ether oxygens (including phenoxy) is 1. The van der Waals surface area contributed by atoms with Crippen molar-refractivity contribution in [3.63, 3.8) is 0 Å². The Hall–Kier alpha value is -1.64. The molecule has 0 N–H and O–H groups in total. The summed E-state index contributed by atoms with van der Waals surface area (Å²) >= 11 is 0. The van der Waals surface area contributed by atoms with Crippen LogP contribution in [0.4, 0.5) is 4.39 Å². The first kappa shape index (κ1) is 12.8. The number of benzene rings is 1. The smallest absolute Gasteiger partial charge is 0.214 e. The average Bonchev–Trinajstić information content (AvgIpc) is 2.86. The molecule has 0 aromatic heterocycles. The highest BCUT2D eigenvalue weighted by Crippen LogP contribution is 2.24. The van der Waals surface area contributed by atoms with E-state index in [0.29, 0.717) is 6.54 Å². The molecular weight excluding hydrogens is 233 g/mol. The highest BCUT2D eigenvalue weighted by Gasteiger charge is 2.18. The van der Waals surface area contributed by atoms with Gasteiger partial charge in [0.15, 0.2) is 5.94 Å². The van der Waals surface area contributed by atoms with E-state index >= 15 is 0 Å². The van der Waals surface area contributed by atoms with Gasteiger partial charge in [0.2, 0.25) is 5.76 Å². The second-order valence-corrected chi connectivity index (χ2v) is 4.39. The van der Waals surface area contributed by atoms with Gasteiger partial charge >= 0.3 is 0 Å². The highest BCUT2D eigenvalue weighted by molar-refractivity contribution is 5.84. The number of nitrogens with zero attached hydrogens (tertiary/aromatic N) is 1. The standard InChI is InChI=1S/C14H16FNO2/c1-18-13(10-17)14-11(5-4-6-12(14)15)9-16-7-2-3-8-16/h4-6H,2-3,7-9H2,1H3. The lowest BCUT2D eigenvalue weighted by molar-refractivity contribution is 0.327. The van der Waals surface area contributed by atoms with E-state index in [1.807, 2.05) is 6.07 Å². The van der Waals surface area contributed by atoms with Crippen molar-refractivity contribution in [3.8, 4) is 0 Å². The van der Waals surface area contributed by atoms with E-state index in [-0.39, 0.29) is 11.3 Å². The highest BCUT2D eigenvalue weighted by atomic mass is 19.1. The van der Waals surface area contributed by atoms with Gasteiger partial charge < -0.3 is 4.74 Å².